The standard InChI is InChI=1S/C15H18F2O/c16-13-8-12(9-14(17)10-13)15(18)7-6-11-4-2-1-3-5-11/h8-11H,1-7H2. The molecule has 0 aromatic heterocycles. The van der Waals surface area contributed by atoms with Crippen molar-refractivity contribution in [2.45, 2.75) is 44.9 Å². The average Bonchev–Trinajstić information content (AvgIpc) is 2.36. The summed E-state index contributed by atoms with van der Waals surface area (Å²) in [5.74, 6) is -0.910. The first-order valence-corrected chi connectivity index (χ1v) is 6.64. The van der Waals surface area contributed by atoms with Gasteiger partial charge in [-0.15, -0.1) is 0 Å². The summed E-state index contributed by atoms with van der Waals surface area (Å²) in [6, 6.07) is 3.02. The number of carbonyl (C=O) groups is 1. The average molecular weight is 252 g/mol. The number of rotatable bonds is 4. The van der Waals surface area contributed by atoms with Crippen molar-refractivity contribution in [2.75, 3.05) is 0 Å². The Kier molecular flexibility index (Phi) is 4.45. The largest absolute Gasteiger partial charge is 0.294 e. The Labute approximate surface area is 106 Å². The first-order valence-electron chi connectivity index (χ1n) is 6.64. The van der Waals surface area contributed by atoms with Crippen LogP contribution >= 0.6 is 0 Å². The number of hydrogen-bond donors (Lipinski definition) is 0. The van der Waals surface area contributed by atoms with Gasteiger partial charge in [0.05, 0.1) is 0 Å². The third kappa shape index (κ3) is 3.62. The second-order valence-electron chi connectivity index (χ2n) is 5.12. The zero-order valence-corrected chi connectivity index (χ0v) is 10.4. The van der Waals surface area contributed by atoms with Crippen LogP contribution in [0.15, 0.2) is 18.2 Å². The third-order valence-corrected chi connectivity index (χ3v) is 3.69. The zero-order valence-electron chi connectivity index (χ0n) is 10.4. The molecular formula is C15H18F2O. The summed E-state index contributed by atoms with van der Waals surface area (Å²) in [6.07, 6.45) is 7.39. The molecule has 0 heterocycles. The second-order valence-corrected chi connectivity index (χ2v) is 5.12. The number of ketones is 1. The van der Waals surface area contributed by atoms with Crippen molar-refractivity contribution in [3.8, 4) is 0 Å². The molecular weight excluding hydrogens is 234 g/mol. The molecule has 0 bridgehead atoms. The summed E-state index contributed by atoms with van der Waals surface area (Å²) in [4.78, 5) is 11.9. The first kappa shape index (κ1) is 13.2. The highest BCUT2D eigenvalue weighted by Gasteiger charge is 2.16. The van der Waals surface area contributed by atoms with Gasteiger partial charge >= 0.3 is 0 Å². The summed E-state index contributed by atoms with van der Waals surface area (Å²) in [7, 11) is 0. The third-order valence-electron chi connectivity index (χ3n) is 3.69. The van der Waals surface area contributed by atoms with E-state index in [1.165, 1.54) is 32.1 Å². The first-order chi connectivity index (χ1) is 8.65. The quantitative estimate of drug-likeness (QED) is 0.721. The van der Waals surface area contributed by atoms with Crippen LogP contribution in [0, 0.1) is 17.6 Å². The molecule has 1 aliphatic rings. The summed E-state index contributed by atoms with van der Waals surface area (Å²) < 4.78 is 26.0. The Morgan fingerprint density at radius 3 is 2.28 bits per heavy atom. The van der Waals surface area contributed by atoms with Crippen molar-refractivity contribution in [1.82, 2.24) is 0 Å². The van der Waals surface area contributed by atoms with E-state index in [0.29, 0.717) is 12.3 Å². The van der Waals surface area contributed by atoms with Gasteiger partial charge in [0.15, 0.2) is 5.78 Å². The Morgan fingerprint density at radius 2 is 1.67 bits per heavy atom. The summed E-state index contributed by atoms with van der Waals surface area (Å²) in [5, 5.41) is 0. The minimum atomic E-state index is -0.684. The molecule has 0 amide bonds. The van der Waals surface area contributed by atoms with E-state index in [2.05, 4.69) is 0 Å². The van der Waals surface area contributed by atoms with E-state index >= 15 is 0 Å². The lowest BCUT2D eigenvalue weighted by atomic mass is 9.85. The van der Waals surface area contributed by atoms with Gasteiger partial charge in [0.25, 0.3) is 0 Å². The minimum absolute atomic E-state index is 0.154. The Balaban J connectivity index is 1.90. The highest BCUT2D eigenvalue weighted by atomic mass is 19.1. The molecule has 3 heteroatoms. The minimum Gasteiger partial charge on any atom is -0.294 e. The van der Waals surface area contributed by atoms with Crippen LogP contribution in [-0.4, -0.2) is 5.78 Å². The predicted molar refractivity (Wildman–Crippen MR) is 66.5 cm³/mol. The smallest absolute Gasteiger partial charge is 0.163 e. The van der Waals surface area contributed by atoms with Crippen molar-refractivity contribution in [1.29, 1.82) is 0 Å². The maximum Gasteiger partial charge on any atom is 0.163 e. The molecule has 0 spiro atoms. The lowest BCUT2D eigenvalue weighted by molar-refractivity contribution is 0.0969. The second kappa shape index (κ2) is 6.07. The maximum atomic E-state index is 13.0. The SMILES string of the molecule is O=C(CCC1CCCCC1)c1cc(F)cc(F)c1. The van der Waals surface area contributed by atoms with E-state index in [1.54, 1.807) is 0 Å². The summed E-state index contributed by atoms with van der Waals surface area (Å²) in [5.41, 5.74) is 0.156. The maximum absolute atomic E-state index is 13.0. The van der Waals surface area contributed by atoms with E-state index in [1.807, 2.05) is 0 Å². The molecule has 0 atom stereocenters. The van der Waals surface area contributed by atoms with Crippen molar-refractivity contribution in [3.05, 3.63) is 35.4 Å². The van der Waals surface area contributed by atoms with Gasteiger partial charge < -0.3 is 0 Å². The van der Waals surface area contributed by atoms with Crippen LogP contribution in [0.1, 0.15) is 55.3 Å². The van der Waals surface area contributed by atoms with Crippen LogP contribution in [0.4, 0.5) is 8.78 Å². The molecule has 0 saturated heterocycles. The Bertz CT molecular complexity index is 402. The van der Waals surface area contributed by atoms with E-state index in [-0.39, 0.29) is 11.3 Å². The monoisotopic (exact) mass is 252 g/mol. The number of Topliss-reactive ketones (excluding diaryl/α,β-unsaturated/α-hetero) is 1. The molecule has 1 aromatic rings. The summed E-state index contributed by atoms with van der Waals surface area (Å²) in [6.45, 7) is 0. The molecule has 98 valence electrons. The Hall–Kier alpha value is -1.25. The van der Waals surface area contributed by atoms with Gasteiger partial charge in [-0.05, 0) is 24.5 Å². The molecule has 0 radical (unpaired) electrons. The molecule has 1 nitrogen and oxygen atoms in total. The van der Waals surface area contributed by atoms with Crippen molar-refractivity contribution in [2.24, 2.45) is 5.92 Å². The fourth-order valence-electron chi connectivity index (χ4n) is 2.67. The molecule has 0 aliphatic heterocycles. The van der Waals surface area contributed by atoms with Gasteiger partial charge in [0, 0.05) is 18.1 Å². The van der Waals surface area contributed by atoms with E-state index in [4.69, 9.17) is 0 Å². The van der Waals surface area contributed by atoms with Gasteiger partial charge in [-0.1, -0.05) is 32.1 Å². The normalized spacial score (nSPS) is 16.8. The van der Waals surface area contributed by atoms with Gasteiger partial charge in [-0.3, -0.25) is 4.79 Å². The molecule has 18 heavy (non-hydrogen) atoms. The van der Waals surface area contributed by atoms with Gasteiger partial charge in [-0.2, -0.15) is 0 Å². The molecule has 1 saturated carbocycles. The highest BCUT2D eigenvalue weighted by molar-refractivity contribution is 5.96. The number of benzene rings is 1. The Morgan fingerprint density at radius 1 is 1.06 bits per heavy atom. The number of carbonyl (C=O) groups excluding carboxylic acids is 1. The fourth-order valence-corrected chi connectivity index (χ4v) is 2.67. The van der Waals surface area contributed by atoms with Crippen LogP contribution in [0.25, 0.3) is 0 Å². The molecule has 1 aromatic carbocycles. The van der Waals surface area contributed by atoms with Crippen LogP contribution < -0.4 is 0 Å². The fraction of sp³-hybridized carbons (Fsp3) is 0.533. The molecule has 0 unspecified atom stereocenters. The molecule has 1 aliphatic carbocycles. The highest BCUT2D eigenvalue weighted by Crippen LogP contribution is 2.27. The lowest BCUT2D eigenvalue weighted by Crippen LogP contribution is -2.09. The van der Waals surface area contributed by atoms with Crippen molar-refractivity contribution in [3.63, 3.8) is 0 Å². The molecule has 0 N–H and O–H groups in total. The van der Waals surface area contributed by atoms with Crippen LogP contribution in [-0.2, 0) is 0 Å². The van der Waals surface area contributed by atoms with E-state index in [0.717, 1.165) is 24.6 Å². The molecule has 1 fully saturated rings. The summed E-state index contributed by atoms with van der Waals surface area (Å²) >= 11 is 0. The zero-order chi connectivity index (χ0) is 13.0. The van der Waals surface area contributed by atoms with Gasteiger partial charge in [0.1, 0.15) is 11.6 Å². The van der Waals surface area contributed by atoms with Crippen LogP contribution in [0.5, 0.6) is 0 Å². The van der Waals surface area contributed by atoms with E-state index < -0.39 is 11.6 Å². The van der Waals surface area contributed by atoms with Crippen LogP contribution in [0.2, 0.25) is 0 Å². The van der Waals surface area contributed by atoms with Gasteiger partial charge in [-0.25, -0.2) is 8.78 Å². The predicted octanol–water partition coefficient (Wildman–Crippen LogP) is 4.51. The number of halogens is 2. The van der Waals surface area contributed by atoms with Crippen molar-refractivity contribution >= 4 is 5.78 Å². The lowest BCUT2D eigenvalue weighted by Gasteiger charge is -2.20. The van der Waals surface area contributed by atoms with Crippen LogP contribution in [0.3, 0.4) is 0 Å². The number of hydrogen-bond acceptors (Lipinski definition) is 1. The topological polar surface area (TPSA) is 17.1 Å². The van der Waals surface area contributed by atoms with E-state index in [9.17, 15) is 13.6 Å². The van der Waals surface area contributed by atoms with Crippen molar-refractivity contribution < 1.29 is 13.6 Å². The van der Waals surface area contributed by atoms with Gasteiger partial charge in [0.2, 0.25) is 0 Å². The molecule has 2 rings (SSSR count).